The van der Waals surface area contributed by atoms with Crippen LogP contribution in [0.1, 0.15) is 1.43 Å². The standard InChI is InChI=1S/CH2O3.2Na.H2.2H/c2-1(3)4;;;;;/h(H2,2,3,4);;;1H;;. The molecular weight excluding hydrogens is 106 g/mol. The zero-order chi connectivity index (χ0) is 3.58. The van der Waals surface area contributed by atoms with E-state index >= 15 is 0 Å². The molecule has 0 atom stereocenters. The topological polar surface area (TPSA) is 57.5 Å². The number of hydrogen-bond donors (Lipinski definition) is 2. The first-order valence-corrected chi connectivity index (χ1v) is 0.651. The van der Waals surface area contributed by atoms with Gasteiger partial charge in [0.1, 0.15) is 0 Å². The Bertz CT molecular complexity index is 35.9. The van der Waals surface area contributed by atoms with Crippen LogP contribution in [0.3, 0.4) is 0 Å². The van der Waals surface area contributed by atoms with Gasteiger partial charge < -0.3 is 10.2 Å². The molecule has 0 saturated carbocycles. The molecule has 0 rings (SSSR count). The van der Waals surface area contributed by atoms with Gasteiger partial charge in [0.2, 0.25) is 0 Å². The van der Waals surface area contributed by atoms with Crippen molar-refractivity contribution in [2.75, 3.05) is 0 Å². The van der Waals surface area contributed by atoms with Crippen molar-refractivity contribution < 1.29 is 16.4 Å². The van der Waals surface area contributed by atoms with Crippen LogP contribution in [-0.2, 0) is 0 Å². The first-order valence-electron chi connectivity index (χ1n) is 0.651. The summed E-state index contributed by atoms with van der Waals surface area (Å²) < 4.78 is 0. The molecule has 2 N–H and O–H groups in total. The fourth-order valence-electron chi connectivity index (χ4n) is 0. The summed E-state index contributed by atoms with van der Waals surface area (Å²) in [5, 5.41) is 13.9. The van der Waals surface area contributed by atoms with Crippen LogP contribution in [0.2, 0.25) is 0 Å². The molecule has 0 aliphatic heterocycles. The molecule has 0 spiro atoms. The molecule has 0 fully saturated rings. The number of hydrogen-bond acceptors (Lipinski definition) is 1. The van der Waals surface area contributed by atoms with E-state index < -0.39 is 6.16 Å². The van der Waals surface area contributed by atoms with Crippen molar-refractivity contribution in [1.29, 1.82) is 0 Å². The molecule has 0 saturated heterocycles. The molecule has 0 aromatic rings. The van der Waals surface area contributed by atoms with Gasteiger partial charge in [-0.3, -0.25) is 0 Å². The second-order valence-corrected chi connectivity index (χ2v) is 0.283. The van der Waals surface area contributed by atoms with Gasteiger partial charge in [-0.05, 0) is 0 Å². The van der Waals surface area contributed by atoms with Gasteiger partial charge in [0.05, 0.1) is 0 Å². The molecule has 0 unspecified atom stereocenters. The van der Waals surface area contributed by atoms with E-state index in [-0.39, 0.29) is 60.5 Å². The maximum atomic E-state index is 8.56. The van der Waals surface area contributed by atoms with Gasteiger partial charge in [0, 0.05) is 1.43 Å². The fraction of sp³-hybridized carbons (Fsp3) is 0. The molecule has 0 heterocycles. The first kappa shape index (κ1) is 15.7. The van der Waals surface area contributed by atoms with E-state index in [2.05, 4.69) is 0 Å². The van der Waals surface area contributed by atoms with Gasteiger partial charge in [-0.25, -0.2) is 4.79 Å². The summed E-state index contributed by atoms with van der Waals surface area (Å²) in [4.78, 5) is 8.56. The molecule has 5 heteroatoms. The third-order valence-electron chi connectivity index (χ3n) is 0. The van der Waals surface area contributed by atoms with Crippen LogP contribution in [0.5, 0.6) is 0 Å². The molecule has 3 nitrogen and oxygen atoms in total. The Kier molecular flexibility index (Phi) is 25.0. The Morgan fingerprint density at radius 1 is 1.33 bits per heavy atom. The second-order valence-electron chi connectivity index (χ2n) is 0.283. The molecule has 0 aliphatic carbocycles. The van der Waals surface area contributed by atoms with E-state index in [9.17, 15) is 0 Å². The fourth-order valence-corrected chi connectivity index (χ4v) is 0. The van der Waals surface area contributed by atoms with Gasteiger partial charge in [-0.15, -0.1) is 0 Å². The Balaban J connectivity index is -0.0000000150. The van der Waals surface area contributed by atoms with Crippen LogP contribution in [0.25, 0.3) is 0 Å². The van der Waals surface area contributed by atoms with Gasteiger partial charge in [-0.1, -0.05) is 0 Å². The summed E-state index contributed by atoms with van der Waals surface area (Å²) in [6, 6.07) is 0. The number of carboxylic acid groups (broad SMARTS) is 2. The zero-order valence-corrected chi connectivity index (χ0v) is 1.80. The summed E-state index contributed by atoms with van der Waals surface area (Å²) in [5.41, 5.74) is 0. The third kappa shape index (κ3) is 59.6. The average molecular weight is 112 g/mol. The summed E-state index contributed by atoms with van der Waals surface area (Å²) >= 11 is 0. The van der Waals surface area contributed by atoms with E-state index in [1.54, 1.807) is 0 Å². The van der Waals surface area contributed by atoms with Crippen molar-refractivity contribution in [3.8, 4) is 0 Å². The SMILES string of the molecule is O=C(O)O.[HH].[NaH].[NaH]. The molecule has 0 radical (unpaired) electrons. The Labute approximate surface area is 80.8 Å². The molecular formula is CH6Na2O3. The Hall–Kier alpha value is 1.27. The monoisotopic (exact) mass is 112 g/mol. The number of rotatable bonds is 0. The van der Waals surface area contributed by atoms with Crippen LogP contribution in [0.15, 0.2) is 0 Å². The number of carbonyl (C=O) groups is 1. The predicted octanol–water partition coefficient (Wildman–Crippen LogP) is -0.829. The van der Waals surface area contributed by atoms with Crippen molar-refractivity contribution in [3.63, 3.8) is 0 Å². The van der Waals surface area contributed by atoms with Crippen molar-refractivity contribution in [3.05, 3.63) is 0 Å². The molecule has 6 heavy (non-hydrogen) atoms. The molecule has 0 aromatic carbocycles. The van der Waals surface area contributed by atoms with E-state index in [1.165, 1.54) is 0 Å². The van der Waals surface area contributed by atoms with Crippen LogP contribution in [0, 0.1) is 0 Å². The van der Waals surface area contributed by atoms with E-state index in [0.29, 0.717) is 0 Å². The van der Waals surface area contributed by atoms with Crippen molar-refractivity contribution in [1.82, 2.24) is 0 Å². The summed E-state index contributed by atoms with van der Waals surface area (Å²) in [6.45, 7) is 0. The van der Waals surface area contributed by atoms with Gasteiger partial charge in [0.15, 0.2) is 0 Å². The average Bonchev–Trinajstić information content (AvgIpc) is 0.811. The van der Waals surface area contributed by atoms with Crippen molar-refractivity contribution in [2.24, 2.45) is 0 Å². The minimum atomic E-state index is -1.83. The normalized spacial score (nSPS) is 4.00. The molecule has 30 valence electrons. The zero-order valence-electron chi connectivity index (χ0n) is 1.80. The predicted molar refractivity (Wildman–Crippen MR) is 27.1 cm³/mol. The van der Waals surface area contributed by atoms with Gasteiger partial charge in [-0.2, -0.15) is 0 Å². The Morgan fingerprint density at radius 2 is 1.33 bits per heavy atom. The van der Waals surface area contributed by atoms with Gasteiger partial charge >= 0.3 is 65.3 Å². The second kappa shape index (κ2) is 9.55. The van der Waals surface area contributed by atoms with Crippen LogP contribution < -0.4 is 0 Å². The third-order valence-corrected chi connectivity index (χ3v) is 0. The first-order chi connectivity index (χ1) is 1.73. The maximum absolute atomic E-state index is 8.56. The van der Waals surface area contributed by atoms with E-state index in [4.69, 9.17) is 15.0 Å². The quantitative estimate of drug-likeness (QED) is 0.402. The van der Waals surface area contributed by atoms with Crippen LogP contribution in [0.4, 0.5) is 4.79 Å². The Morgan fingerprint density at radius 3 is 1.33 bits per heavy atom. The van der Waals surface area contributed by atoms with E-state index in [1.807, 2.05) is 0 Å². The van der Waals surface area contributed by atoms with Gasteiger partial charge in [0.25, 0.3) is 0 Å². The summed E-state index contributed by atoms with van der Waals surface area (Å²) in [5.74, 6) is 0. The van der Waals surface area contributed by atoms with Crippen molar-refractivity contribution in [2.45, 2.75) is 0 Å². The van der Waals surface area contributed by atoms with E-state index in [0.717, 1.165) is 0 Å². The molecule has 0 aliphatic rings. The molecule has 0 aromatic heterocycles. The summed E-state index contributed by atoms with van der Waals surface area (Å²) in [7, 11) is 0. The molecule has 0 bridgehead atoms. The van der Waals surface area contributed by atoms with Crippen LogP contribution >= 0.6 is 0 Å². The minimum absolute atomic E-state index is 0. The molecule has 0 amide bonds. The summed E-state index contributed by atoms with van der Waals surface area (Å²) in [6.07, 6.45) is -1.83. The van der Waals surface area contributed by atoms with Crippen LogP contribution in [-0.4, -0.2) is 75.5 Å². The van der Waals surface area contributed by atoms with Crippen molar-refractivity contribution >= 4 is 65.3 Å².